The average Bonchev–Trinajstić information content (AvgIpc) is 3.16. The number of nitrogens with zero attached hydrogens (tertiary/aromatic N) is 2. The predicted molar refractivity (Wildman–Crippen MR) is 88.4 cm³/mol. The van der Waals surface area contributed by atoms with Crippen molar-refractivity contribution in [1.29, 1.82) is 0 Å². The van der Waals surface area contributed by atoms with Crippen molar-refractivity contribution in [2.75, 3.05) is 19.7 Å². The van der Waals surface area contributed by atoms with Gasteiger partial charge in [0, 0.05) is 36.9 Å². The summed E-state index contributed by atoms with van der Waals surface area (Å²) >= 11 is 1.80. The molecule has 0 unspecified atom stereocenters. The Morgan fingerprint density at radius 2 is 2.23 bits per heavy atom. The number of hydrogen-bond donors (Lipinski definition) is 0. The van der Waals surface area contributed by atoms with Gasteiger partial charge < -0.3 is 9.64 Å². The Morgan fingerprint density at radius 1 is 1.36 bits per heavy atom. The van der Waals surface area contributed by atoms with Gasteiger partial charge in [0.2, 0.25) is 5.91 Å². The van der Waals surface area contributed by atoms with Crippen molar-refractivity contribution < 1.29 is 9.53 Å². The summed E-state index contributed by atoms with van der Waals surface area (Å²) in [5.74, 6) is 0.725. The molecule has 0 N–H and O–H groups in total. The van der Waals surface area contributed by atoms with E-state index >= 15 is 0 Å². The third-order valence-corrected chi connectivity index (χ3v) is 6.11. The van der Waals surface area contributed by atoms with E-state index in [4.69, 9.17) is 9.72 Å². The van der Waals surface area contributed by atoms with Gasteiger partial charge in [-0.05, 0) is 46.0 Å². The molecule has 0 aromatic carbocycles. The van der Waals surface area contributed by atoms with Crippen LogP contribution in [0.4, 0.5) is 0 Å². The number of carbonyl (C=O) groups is 1. The van der Waals surface area contributed by atoms with Crippen LogP contribution < -0.4 is 0 Å². The van der Waals surface area contributed by atoms with Gasteiger partial charge in [-0.3, -0.25) is 4.79 Å². The number of likely N-dealkylation sites (tertiary alicyclic amines) is 1. The Bertz CT molecular complexity index is 503. The van der Waals surface area contributed by atoms with Gasteiger partial charge in [0.25, 0.3) is 0 Å². The second kappa shape index (κ2) is 7.09. The lowest BCUT2D eigenvalue weighted by Gasteiger charge is -2.32. The summed E-state index contributed by atoms with van der Waals surface area (Å²) in [6, 6.07) is 0. The number of rotatable bonds is 4. The molecule has 1 amide bonds. The highest BCUT2D eigenvalue weighted by molar-refractivity contribution is 7.11. The lowest BCUT2D eigenvalue weighted by atomic mass is 9.98. The maximum Gasteiger partial charge on any atom is 0.222 e. The van der Waals surface area contributed by atoms with E-state index in [2.05, 4.69) is 18.7 Å². The molecule has 0 aliphatic carbocycles. The minimum atomic E-state index is 0.296. The van der Waals surface area contributed by atoms with Crippen molar-refractivity contribution in [2.45, 2.75) is 64.4 Å². The van der Waals surface area contributed by atoms with Crippen LogP contribution in [0.5, 0.6) is 0 Å². The zero-order valence-corrected chi connectivity index (χ0v) is 14.5. The summed E-state index contributed by atoms with van der Waals surface area (Å²) in [7, 11) is 0. The van der Waals surface area contributed by atoms with E-state index in [0.717, 1.165) is 57.5 Å². The first kappa shape index (κ1) is 15.9. The Kier molecular flexibility index (Phi) is 5.14. The molecule has 0 bridgehead atoms. The molecule has 122 valence electrons. The van der Waals surface area contributed by atoms with Gasteiger partial charge in [0.15, 0.2) is 0 Å². The zero-order chi connectivity index (χ0) is 15.5. The van der Waals surface area contributed by atoms with E-state index in [1.54, 1.807) is 11.3 Å². The highest BCUT2D eigenvalue weighted by atomic mass is 32.1. The maximum absolute atomic E-state index is 12.5. The first-order valence-electron chi connectivity index (χ1n) is 8.47. The maximum atomic E-state index is 12.5. The summed E-state index contributed by atoms with van der Waals surface area (Å²) in [6.45, 7) is 6.82. The fraction of sp³-hybridized carbons (Fsp3) is 0.765. The first-order chi connectivity index (χ1) is 10.6. The van der Waals surface area contributed by atoms with E-state index in [0.29, 0.717) is 24.3 Å². The molecule has 1 aromatic heterocycles. The van der Waals surface area contributed by atoms with Crippen LogP contribution in [0, 0.1) is 13.8 Å². The van der Waals surface area contributed by atoms with E-state index in [1.165, 1.54) is 9.88 Å². The lowest BCUT2D eigenvalue weighted by Crippen LogP contribution is -2.39. The molecule has 0 spiro atoms. The highest BCUT2D eigenvalue weighted by Gasteiger charge is 2.27. The molecule has 4 nitrogen and oxygen atoms in total. The molecule has 3 rings (SSSR count). The number of amides is 1. The quantitative estimate of drug-likeness (QED) is 0.853. The predicted octanol–water partition coefficient (Wildman–Crippen LogP) is 3.43. The molecule has 22 heavy (non-hydrogen) atoms. The van der Waals surface area contributed by atoms with Crippen LogP contribution in [-0.4, -0.2) is 41.6 Å². The number of carbonyl (C=O) groups excluding carboxylic acids is 1. The first-order valence-corrected chi connectivity index (χ1v) is 9.28. The molecule has 3 heterocycles. The van der Waals surface area contributed by atoms with Crippen LogP contribution in [0.1, 0.15) is 60.0 Å². The Hall–Kier alpha value is -0.940. The van der Waals surface area contributed by atoms with Crippen molar-refractivity contribution >= 4 is 17.2 Å². The van der Waals surface area contributed by atoms with E-state index in [-0.39, 0.29) is 0 Å². The van der Waals surface area contributed by atoms with Crippen LogP contribution in [0.2, 0.25) is 0 Å². The second-order valence-electron chi connectivity index (χ2n) is 6.55. The second-order valence-corrected chi connectivity index (χ2v) is 7.78. The number of aromatic nitrogens is 1. The van der Waals surface area contributed by atoms with Gasteiger partial charge >= 0.3 is 0 Å². The third-order valence-electron chi connectivity index (χ3n) is 4.87. The van der Waals surface area contributed by atoms with Gasteiger partial charge in [-0.1, -0.05) is 0 Å². The molecule has 1 aromatic rings. The molecule has 2 saturated heterocycles. The smallest absolute Gasteiger partial charge is 0.222 e. The molecular weight excluding hydrogens is 296 g/mol. The van der Waals surface area contributed by atoms with Crippen molar-refractivity contribution in [3.05, 3.63) is 15.6 Å². The molecule has 2 fully saturated rings. The summed E-state index contributed by atoms with van der Waals surface area (Å²) < 4.78 is 5.62. The number of aryl methyl sites for hydroxylation is 2. The van der Waals surface area contributed by atoms with Crippen LogP contribution >= 0.6 is 11.3 Å². The van der Waals surface area contributed by atoms with Crippen LogP contribution in [0.15, 0.2) is 0 Å². The van der Waals surface area contributed by atoms with Gasteiger partial charge in [0.1, 0.15) is 0 Å². The lowest BCUT2D eigenvalue weighted by molar-refractivity contribution is -0.133. The van der Waals surface area contributed by atoms with Crippen LogP contribution in [-0.2, 0) is 9.53 Å². The fourth-order valence-corrected chi connectivity index (χ4v) is 4.44. The normalized spacial score (nSPS) is 25.6. The molecule has 2 aliphatic rings. The summed E-state index contributed by atoms with van der Waals surface area (Å²) in [6.07, 6.45) is 6.34. The van der Waals surface area contributed by atoms with Gasteiger partial charge in [0.05, 0.1) is 16.8 Å². The summed E-state index contributed by atoms with van der Waals surface area (Å²) in [4.78, 5) is 20.5. The van der Waals surface area contributed by atoms with E-state index < -0.39 is 0 Å². The van der Waals surface area contributed by atoms with Crippen molar-refractivity contribution in [1.82, 2.24) is 9.88 Å². The molecular formula is C17H26N2O2S. The Morgan fingerprint density at radius 3 is 2.91 bits per heavy atom. The molecule has 2 atom stereocenters. The topological polar surface area (TPSA) is 42.4 Å². The monoisotopic (exact) mass is 322 g/mol. The van der Waals surface area contributed by atoms with Crippen LogP contribution in [0.3, 0.4) is 0 Å². The van der Waals surface area contributed by atoms with Gasteiger partial charge in [-0.2, -0.15) is 0 Å². The Labute approximate surface area is 136 Å². The number of ether oxygens (including phenoxy) is 1. The summed E-state index contributed by atoms with van der Waals surface area (Å²) in [5, 5.41) is 1.21. The SMILES string of the molecule is Cc1nc([C@H]2CCCN(C(=O)CC[C@H]3CCCO3)C2)sc1C. The van der Waals surface area contributed by atoms with Gasteiger partial charge in [-0.15, -0.1) is 11.3 Å². The van der Waals surface area contributed by atoms with Gasteiger partial charge in [-0.25, -0.2) is 4.98 Å². The van der Waals surface area contributed by atoms with Crippen molar-refractivity contribution in [3.63, 3.8) is 0 Å². The molecule has 0 saturated carbocycles. The van der Waals surface area contributed by atoms with E-state index in [9.17, 15) is 4.79 Å². The largest absolute Gasteiger partial charge is 0.378 e. The highest BCUT2D eigenvalue weighted by Crippen LogP contribution is 2.31. The number of thiazole rings is 1. The van der Waals surface area contributed by atoms with E-state index in [1.807, 2.05) is 0 Å². The fourth-order valence-electron chi connectivity index (χ4n) is 3.39. The van der Waals surface area contributed by atoms with Crippen molar-refractivity contribution in [2.24, 2.45) is 0 Å². The summed E-state index contributed by atoms with van der Waals surface area (Å²) in [5.41, 5.74) is 1.14. The molecule has 0 radical (unpaired) electrons. The number of hydrogen-bond acceptors (Lipinski definition) is 4. The molecule has 2 aliphatic heterocycles. The van der Waals surface area contributed by atoms with Crippen molar-refractivity contribution in [3.8, 4) is 0 Å². The van der Waals surface area contributed by atoms with Crippen LogP contribution in [0.25, 0.3) is 0 Å². The molecule has 5 heteroatoms. The zero-order valence-electron chi connectivity index (χ0n) is 13.6. The standard InChI is InChI=1S/C17H26N2O2S/c1-12-13(2)22-17(18-12)14-5-3-9-19(11-14)16(20)8-7-15-6-4-10-21-15/h14-15H,3-11H2,1-2H3/t14-,15+/m0/s1. The Balaban J connectivity index is 1.54. The number of piperidine rings is 1. The minimum Gasteiger partial charge on any atom is -0.378 e. The third kappa shape index (κ3) is 3.69. The minimum absolute atomic E-state index is 0.296. The average molecular weight is 322 g/mol.